The molecular weight excluding hydrogens is 220 g/mol. The first-order chi connectivity index (χ1) is 6.49. The fraction of sp³-hybridized carbons (Fsp3) is 0.625. The van der Waals surface area contributed by atoms with E-state index in [0.717, 1.165) is 5.69 Å². The maximum Gasteiger partial charge on any atom is 0.147 e. The van der Waals surface area contributed by atoms with Gasteiger partial charge < -0.3 is 5.73 Å². The van der Waals surface area contributed by atoms with Gasteiger partial charge in [0.15, 0.2) is 0 Å². The standard InChI is InChI=1S/C8H14N2O2S2/c1-14(11,12)4-2-3-7(9)8-5-13-6-10-8/h5-7H,2-4,9H2,1H3. The molecule has 0 aliphatic heterocycles. The zero-order chi connectivity index (χ0) is 10.6. The fourth-order valence-corrected chi connectivity index (χ4v) is 2.43. The van der Waals surface area contributed by atoms with Crippen LogP contribution in [0.1, 0.15) is 24.6 Å². The van der Waals surface area contributed by atoms with E-state index in [1.807, 2.05) is 5.38 Å². The summed E-state index contributed by atoms with van der Waals surface area (Å²) in [4.78, 5) is 4.08. The van der Waals surface area contributed by atoms with Gasteiger partial charge in [-0.2, -0.15) is 0 Å². The number of nitrogens with zero attached hydrogens (tertiary/aromatic N) is 1. The highest BCUT2D eigenvalue weighted by atomic mass is 32.2. The van der Waals surface area contributed by atoms with Crippen LogP contribution in [0.5, 0.6) is 0 Å². The predicted molar refractivity (Wildman–Crippen MR) is 58.0 cm³/mol. The van der Waals surface area contributed by atoms with E-state index in [4.69, 9.17) is 5.73 Å². The largest absolute Gasteiger partial charge is 0.323 e. The molecule has 2 N–H and O–H groups in total. The molecule has 0 amide bonds. The summed E-state index contributed by atoms with van der Waals surface area (Å²) in [7, 11) is -2.86. The van der Waals surface area contributed by atoms with Gasteiger partial charge >= 0.3 is 0 Å². The predicted octanol–water partition coefficient (Wildman–Crippen LogP) is 0.968. The highest BCUT2D eigenvalue weighted by Gasteiger charge is 2.09. The van der Waals surface area contributed by atoms with Gasteiger partial charge in [0.05, 0.1) is 11.2 Å². The van der Waals surface area contributed by atoms with Gasteiger partial charge in [-0.3, -0.25) is 0 Å². The van der Waals surface area contributed by atoms with Gasteiger partial charge in [-0.05, 0) is 12.8 Å². The zero-order valence-corrected chi connectivity index (χ0v) is 9.64. The Morgan fingerprint density at radius 2 is 2.36 bits per heavy atom. The summed E-state index contributed by atoms with van der Waals surface area (Å²) in [5.74, 6) is 0.199. The summed E-state index contributed by atoms with van der Waals surface area (Å²) >= 11 is 1.50. The normalized spacial score (nSPS) is 14.1. The summed E-state index contributed by atoms with van der Waals surface area (Å²) in [5.41, 5.74) is 8.40. The number of hydrogen-bond acceptors (Lipinski definition) is 5. The van der Waals surface area contributed by atoms with Crippen molar-refractivity contribution in [2.24, 2.45) is 5.73 Å². The second-order valence-electron chi connectivity index (χ2n) is 3.29. The Morgan fingerprint density at radius 1 is 1.64 bits per heavy atom. The SMILES string of the molecule is CS(=O)(=O)CCCC(N)c1cscn1. The molecule has 0 aromatic carbocycles. The van der Waals surface area contributed by atoms with E-state index in [9.17, 15) is 8.42 Å². The number of hydrogen-bond donors (Lipinski definition) is 1. The molecule has 1 rings (SSSR count). The van der Waals surface area contributed by atoms with Gasteiger partial charge in [0, 0.05) is 23.4 Å². The van der Waals surface area contributed by atoms with E-state index in [2.05, 4.69) is 4.98 Å². The molecule has 14 heavy (non-hydrogen) atoms. The number of thiazole rings is 1. The number of rotatable bonds is 5. The summed E-state index contributed by atoms with van der Waals surface area (Å²) in [6, 6.07) is -0.136. The molecule has 0 radical (unpaired) electrons. The van der Waals surface area contributed by atoms with Crippen molar-refractivity contribution in [3.63, 3.8) is 0 Å². The molecule has 1 aromatic rings. The van der Waals surface area contributed by atoms with Crippen molar-refractivity contribution in [2.75, 3.05) is 12.0 Å². The minimum absolute atomic E-state index is 0.136. The molecule has 0 saturated heterocycles. The van der Waals surface area contributed by atoms with Crippen LogP contribution in [-0.2, 0) is 9.84 Å². The first-order valence-electron chi connectivity index (χ1n) is 4.30. The Kier molecular flexibility index (Phi) is 4.03. The number of aromatic nitrogens is 1. The molecule has 0 spiro atoms. The van der Waals surface area contributed by atoms with E-state index < -0.39 is 9.84 Å². The third-order valence-corrected chi connectivity index (χ3v) is 3.50. The van der Waals surface area contributed by atoms with E-state index in [-0.39, 0.29) is 11.8 Å². The van der Waals surface area contributed by atoms with E-state index in [0.29, 0.717) is 12.8 Å². The Hall–Kier alpha value is -0.460. The molecule has 4 nitrogen and oxygen atoms in total. The molecule has 80 valence electrons. The van der Waals surface area contributed by atoms with Crippen molar-refractivity contribution < 1.29 is 8.42 Å². The second-order valence-corrected chi connectivity index (χ2v) is 6.27. The van der Waals surface area contributed by atoms with Gasteiger partial charge in [0.25, 0.3) is 0 Å². The Balaban J connectivity index is 2.33. The lowest BCUT2D eigenvalue weighted by Gasteiger charge is -2.07. The Labute approximate surface area is 88.1 Å². The smallest absolute Gasteiger partial charge is 0.147 e. The lowest BCUT2D eigenvalue weighted by Crippen LogP contribution is -2.12. The van der Waals surface area contributed by atoms with Crippen LogP contribution >= 0.6 is 11.3 Å². The third-order valence-electron chi connectivity index (χ3n) is 1.86. The number of nitrogens with two attached hydrogens (primary N) is 1. The van der Waals surface area contributed by atoms with Crippen LogP contribution in [0.4, 0.5) is 0 Å². The minimum atomic E-state index is -2.86. The van der Waals surface area contributed by atoms with Crippen LogP contribution in [0.15, 0.2) is 10.9 Å². The van der Waals surface area contributed by atoms with Crippen LogP contribution in [-0.4, -0.2) is 25.4 Å². The summed E-state index contributed by atoms with van der Waals surface area (Å²) in [6.45, 7) is 0. The summed E-state index contributed by atoms with van der Waals surface area (Å²) < 4.78 is 21.7. The molecule has 0 fully saturated rings. The van der Waals surface area contributed by atoms with Crippen molar-refractivity contribution >= 4 is 21.2 Å². The van der Waals surface area contributed by atoms with Crippen LogP contribution in [0, 0.1) is 0 Å². The fourth-order valence-electron chi connectivity index (χ4n) is 1.12. The molecule has 0 aliphatic rings. The van der Waals surface area contributed by atoms with Crippen molar-refractivity contribution in [1.82, 2.24) is 4.98 Å². The maximum atomic E-state index is 10.8. The molecule has 0 aliphatic carbocycles. The molecule has 0 saturated carbocycles. The van der Waals surface area contributed by atoms with Gasteiger partial charge in [-0.15, -0.1) is 11.3 Å². The van der Waals surface area contributed by atoms with Gasteiger partial charge in [0.2, 0.25) is 0 Å². The number of sulfone groups is 1. The molecular formula is C8H14N2O2S2. The minimum Gasteiger partial charge on any atom is -0.323 e. The molecule has 0 bridgehead atoms. The van der Waals surface area contributed by atoms with Crippen molar-refractivity contribution in [2.45, 2.75) is 18.9 Å². The Bertz CT molecular complexity index is 359. The topological polar surface area (TPSA) is 73.0 Å². The molecule has 1 atom stereocenters. The summed E-state index contributed by atoms with van der Waals surface area (Å²) in [6.07, 6.45) is 2.50. The molecule has 1 unspecified atom stereocenters. The van der Waals surface area contributed by atoms with Crippen LogP contribution < -0.4 is 5.73 Å². The van der Waals surface area contributed by atoms with Crippen LogP contribution in [0.3, 0.4) is 0 Å². The average molecular weight is 234 g/mol. The van der Waals surface area contributed by atoms with Crippen LogP contribution in [0.2, 0.25) is 0 Å². The lowest BCUT2D eigenvalue weighted by atomic mass is 10.1. The maximum absolute atomic E-state index is 10.8. The quantitative estimate of drug-likeness (QED) is 0.824. The first-order valence-corrected chi connectivity index (χ1v) is 7.31. The monoisotopic (exact) mass is 234 g/mol. The highest BCUT2D eigenvalue weighted by Crippen LogP contribution is 2.15. The summed E-state index contributed by atoms with van der Waals surface area (Å²) in [5, 5.41) is 1.89. The van der Waals surface area contributed by atoms with Crippen molar-refractivity contribution in [3.8, 4) is 0 Å². The van der Waals surface area contributed by atoms with E-state index in [1.165, 1.54) is 17.6 Å². The first kappa shape index (κ1) is 11.6. The lowest BCUT2D eigenvalue weighted by molar-refractivity contribution is 0.585. The van der Waals surface area contributed by atoms with Crippen molar-refractivity contribution in [1.29, 1.82) is 0 Å². The highest BCUT2D eigenvalue weighted by molar-refractivity contribution is 7.90. The van der Waals surface area contributed by atoms with Crippen molar-refractivity contribution in [3.05, 3.63) is 16.6 Å². The van der Waals surface area contributed by atoms with Gasteiger partial charge in [-0.1, -0.05) is 0 Å². The average Bonchev–Trinajstić information content (AvgIpc) is 2.53. The van der Waals surface area contributed by atoms with Gasteiger partial charge in [0.1, 0.15) is 9.84 Å². The zero-order valence-electron chi connectivity index (χ0n) is 8.01. The van der Waals surface area contributed by atoms with E-state index in [1.54, 1.807) is 5.51 Å². The third kappa shape index (κ3) is 4.17. The van der Waals surface area contributed by atoms with E-state index >= 15 is 0 Å². The molecule has 1 heterocycles. The Morgan fingerprint density at radius 3 is 2.86 bits per heavy atom. The second kappa shape index (κ2) is 4.86. The molecule has 1 aromatic heterocycles. The van der Waals surface area contributed by atoms with Crippen LogP contribution in [0.25, 0.3) is 0 Å². The molecule has 6 heteroatoms. The van der Waals surface area contributed by atoms with Gasteiger partial charge in [-0.25, -0.2) is 13.4 Å².